The third-order valence-corrected chi connectivity index (χ3v) is 0.289. The first-order chi connectivity index (χ1) is 3.27. The van der Waals surface area contributed by atoms with Crippen LogP contribution in [-0.4, -0.2) is 50.8 Å². The van der Waals surface area contributed by atoms with Crippen LogP contribution in [0.1, 0.15) is 13.3 Å². The summed E-state index contributed by atoms with van der Waals surface area (Å²) < 4.78 is 0. The van der Waals surface area contributed by atoms with E-state index in [-0.39, 0.29) is 44.2 Å². The van der Waals surface area contributed by atoms with Crippen LogP contribution in [0.15, 0.2) is 0 Å². The van der Waals surface area contributed by atoms with Crippen LogP contribution in [0.3, 0.4) is 0 Å². The molecule has 0 N–H and O–H groups in total. The summed E-state index contributed by atoms with van der Waals surface area (Å²) in [7, 11) is 0.750. The molecule has 0 bridgehead atoms. The molecule has 4 heteroatoms. The second-order valence-electron chi connectivity index (χ2n) is 0.726. The van der Waals surface area contributed by atoms with Crippen molar-refractivity contribution in [2.45, 2.75) is 13.3 Å². The molecular formula is C4H8CaO3. The molecule has 0 spiro atoms. The standard InChI is InChI=1S/C3H6O2.CH3O.Ca/c1-2-3(4)5;1-2;/h2H2,1H3,(H,4,5);1H3;/q;-1;+2/p-1. The van der Waals surface area contributed by atoms with E-state index in [0.717, 1.165) is 7.11 Å². The molecule has 44 valence electrons. The van der Waals surface area contributed by atoms with Gasteiger partial charge in [0.15, 0.2) is 0 Å². The van der Waals surface area contributed by atoms with E-state index in [2.05, 4.69) is 0 Å². The van der Waals surface area contributed by atoms with Gasteiger partial charge in [-0.1, -0.05) is 6.92 Å². The predicted molar refractivity (Wildman–Crippen MR) is 27.0 cm³/mol. The Morgan fingerprint density at radius 3 is 1.62 bits per heavy atom. The second kappa shape index (κ2) is 15.6. The third kappa shape index (κ3) is 29.9. The summed E-state index contributed by atoms with van der Waals surface area (Å²) in [5, 5.41) is 17.5. The molecule has 0 radical (unpaired) electrons. The van der Waals surface area contributed by atoms with Crippen LogP contribution in [0.25, 0.3) is 0 Å². The van der Waals surface area contributed by atoms with Crippen LogP contribution in [0.2, 0.25) is 0 Å². The van der Waals surface area contributed by atoms with Gasteiger partial charge in [-0.3, -0.25) is 0 Å². The first-order valence-corrected chi connectivity index (χ1v) is 1.88. The maximum Gasteiger partial charge on any atom is 2.00 e. The summed E-state index contributed by atoms with van der Waals surface area (Å²) in [5.41, 5.74) is 0. The van der Waals surface area contributed by atoms with Crippen molar-refractivity contribution < 1.29 is 15.0 Å². The monoisotopic (exact) mass is 144 g/mol. The van der Waals surface area contributed by atoms with Crippen molar-refractivity contribution >= 4 is 43.7 Å². The Morgan fingerprint density at radius 2 is 1.62 bits per heavy atom. The molecule has 0 fully saturated rings. The molecular weight excluding hydrogens is 136 g/mol. The summed E-state index contributed by atoms with van der Waals surface area (Å²) >= 11 is 0. The number of carbonyl (C=O) groups is 1. The number of hydrogen-bond acceptors (Lipinski definition) is 3. The van der Waals surface area contributed by atoms with Gasteiger partial charge in [0.25, 0.3) is 0 Å². The van der Waals surface area contributed by atoms with Crippen LogP contribution in [0, 0.1) is 0 Å². The Kier molecular flexibility index (Phi) is 31.0. The first kappa shape index (κ1) is 15.9. The Morgan fingerprint density at radius 1 is 1.50 bits per heavy atom. The van der Waals surface area contributed by atoms with E-state index in [4.69, 9.17) is 5.11 Å². The number of carbonyl (C=O) groups excluding carboxylic acids is 1. The maximum atomic E-state index is 9.26. The van der Waals surface area contributed by atoms with Gasteiger partial charge in [0, 0.05) is 5.97 Å². The van der Waals surface area contributed by atoms with Crippen LogP contribution in [0.4, 0.5) is 0 Å². The number of hydrogen-bond donors (Lipinski definition) is 0. The molecule has 0 atom stereocenters. The van der Waals surface area contributed by atoms with Crippen LogP contribution >= 0.6 is 0 Å². The summed E-state index contributed by atoms with van der Waals surface area (Å²) in [6.07, 6.45) is 0.111. The minimum Gasteiger partial charge on any atom is -0.857 e. The Hall–Kier alpha value is 0.690. The zero-order valence-corrected chi connectivity index (χ0v) is 7.35. The Balaban J connectivity index is -0.0000000750. The van der Waals surface area contributed by atoms with Crippen molar-refractivity contribution in [1.82, 2.24) is 0 Å². The maximum absolute atomic E-state index is 9.26. The average molecular weight is 144 g/mol. The number of carboxylic acid groups (broad SMARTS) is 1. The normalized spacial score (nSPS) is 5.38. The molecule has 0 rings (SSSR count). The van der Waals surface area contributed by atoms with E-state index in [1.165, 1.54) is 6.92 Å². The van der Waals surface area contributed by atoms with Crippen molar-refractivity contribution in [3.63, 3.8) is 0 Å². The van der Waals surface area contributed by atoms with Crippen molar-refractivity contribution in [3.8, 4) is 0 Å². The van der Waals surface area contributed by atoms with Crippen molar-refractivity contribution in [3.05, 3.63) is 0 Å². The van der Waals surface area contributed by atoms with Gasteiger partial charge in [0.1, 0.15) is 0 Å². The first-order valence-electron chi connectivity index (χ1n) is 1.88. The minimum atomic E-state index is -0.995. The molecule has 0 unspecified atom stereocenters. The molecule has 3 nitrogen and oxygen atoms in total. The SMILES string of the molecule is CCC(=O)[O-].C[O-].[Ca+2]. The van der Waals surface area contributed by atoms with Crippen molar-refractivity contribution in [2.24, 2.45) is 0 Å². The number of aliphatic carboxylic acids is 1. The molecule has 0 aromatic heterocycles. The summed E-state index contributed by atoms with van der Waals surface area (Å²) in [6.45, 7) is 1.54. The van der Waals surface area contributed by atoms with Gasteiger partial charge in [-0.05, 0) is 6.42 Å². The van der Waals surface area contributed by atoms with Gasteiger partial charge in [-0.15, -0.1) is 0 Å². The van der Waals surface area contributed by atoms with Gasteiger partial charge in [0.2, 0.25) is 0 Å². The van der Waals surface area contributed by atoms with Crippen molar-refractivity contribution in [1.29, 1.82) is 0 Å². The van der Waals surface area contributed by atoms with E-state index in [0.29, 0.717) is 0 Å². The second-order valence-corrected chi connectivity index (χ2v) is 0.726. The molecule has 0 aromatic rings. The van der Waals surface area contributed by atoms with Crippen LogP contribution in [0.5, 0.6) is 0 Å². The Bertz CT molecular complexity index is 46.5. The van der Waals surface area contributed by atoms with Gasteiger partial charge in [0.05, 0.1) is 0 Å². The molecule has 0 saturated heterocycles. The largest absolute Gasteiger partial charge is 2.00 e. The van der Waals surface area contributed by atoms with Crippen LogP contribution in [-0.2, 0) is 4.79 Å². The molecule has 0 aromatic carbocycles. The average Bonchev–Trinajstić information content (AvgIpc) is 1.73. The summed E-state index contributed by atoms with van der Waals surface area (Å²) in [5.74, 6) is -0.995. The smallest absolute Gasteiger partial charge is 0.857 e. The van der Waals surface area contributed by atoms with E-state index in [1.54, 1.807) is 0 Å². The van der Waals surface area contributed by atoms with Crippen LogP contribution < -0.4 is 10.2 Å². The molecule has 0 amide bonds. The fourth-order valence-electron chi connectivity index (χ4n) is 0. The van der Waals surface area contributed by atoms with E-state index in [9.17, 15) is 9.90 Å². The van der Waals surface area contributed by atoms with Crippen molar-refractivity contribution in [2.75, 3.05) is 7.11 Å². The quantitative estimate of drug-likeness (QED) is 0.390. The Labute approximate surface area is 78.7 Å². The zero-order chi connectivity index (χ0) is 6.28. The number of carboxylic acids is 1. The summed E-state index contributed by atoms with van der Waals surface area (Å²) in [6, 6.07) is 0. The zero-order valence-electron chi connectivity index (χ0n) is 5.14. The fourth-order valence-corrected chi connectivity index (χ4v) is 0. The molecule has 0 aliphatic heterocycles. The number of rotatable bonds is 1. The van der Waals surface area contributed by atoms with Gasteiger partial charge in [-0.25, -0.2) is 0 Å². The fraction of sp³-hybridized carbons (Fsp3) is 0.750. The molecule has 0 heterocycles. The van der Waals surface area contributed by atoms with E-state index >= 15 is 0 Å². The minimum absolute atomic E-state index is 0. The topological polar surface area (TPSA) is 63.2 Å². The molecule has 0 aliphatic rings. The van der Waals surface area contributed by atoms with E-state index < -0.39 is 5.97 Å². The summed E-state index contributed by atoms with van der Waals surface area (Å²) in [4.78, 5) is 9.26. The molecule has 0 saturated carbocycles. The van der Waals surface area contributed by atoms with Gasteiger partial charge in [-0.2, -0.15) is 7.11 Å². The molecule has 8 heavy (non-hydrogen) atoms. The van der Waals surface area contributed by atoms with Gasteiger partial charge < -0.3 is 15.0 Å². The third-order valence-electron chi connectivity index (χ3n) is 0.289. The predicted octanol–water partition coefficient (Wildman–Crippen LogP) is -2.26. The van der Waals surface area contributed by atoms with Gasteiger partial charge >= 0.3 is 37.7 Å². The molecule has 0 aliphatic carbocycles. The van der Waals surface area contributed by atoms with E-state index in [1.807, 2.05) is 0 Å².